The number of aromatic nitrogens is 4. The van der Waals surface area contributed by atoms with Gasteiger partial charge in [-0.05, 0) is 58.0 Å². The van der Waals surface area contributed by atoms with Gasteiger partial charge in [0.1, 0.15) is 5.75 Å². The molecule has 0 fully saturated rings. The van der Waals surface area contributed by atoms with Gasteiger partial charge in [-0.25, -0.2) is 9.78 Å². The minimum atomic E-state index is -0.486. The van der Waals surface area contributed by atoms with Crippen LogP contribution < -0.4 is 4.74 Å². The van der Waals surface area contributed by atoms with Crippen LogP contribution in [0.2, 0.25) is 0 Å². The van der Waals surface area contributed by atoms with Crippen LogP contribution in [0.3, 0.4) is 0 Å². The number of hydrogen-bond acceptors (Lipinski definition) is 7. The van der Waals surface area contributed by atoms with Crippen molar-refractivity contribution in [2.75, 3.05) is 6.61 Å². The molecule has 0 amide bonds. The summed E-state index contributed by atoms with van der Waals surface area (Å²) in [6.45, 7) is 7.96. The van der Waals surface area contributed by atoms with Crippen LogP contribution in [0, 0.1) is 11.3 Å². The second kappa shape index (κ2) is 8.10. The number of rotatable bonds is 5. The summed E-state index contributed by atoms with van der Waals surface area (Å²) in [5.41, 5.74) is 1.56. The van der Waals surface area contributed by atoms with Gasteiger partial charge in [-0.2, -0.15) is 15.3 Å². The van der Waals surface area contributed by atoms with E-state index in [1.54, 1.807) is 54.2 Å². The minimum Gasteiger partial charge on any atom is -0.461 e. The zero-order valence-corrected chi connectivity index (χ0v) is 16.7. The Morgan fingerprint density at radius 2 is 1.93 bits per heavy atom. The highest BCUT2D eigenvalue weighted by molar-refractivity contribution is 5.88. The molecule has 2 aromatic heterocycles. The number of esters is 1. The van der Waals surface area contributed by atoms with E-state index in [9.17, 15) is 4.79 Å². The van der Waals surface area contributed by atoms with Crippen molar-refractivity contribution in [1.29, 1.82) is 5.26 Å². The van der Waals surface area contributed by atoms with Gasteiger partial charge in [0.2, 0.25) is 0 Å². The van der Waals surface area contributed by atoms with E-state index >= 15 is 0 Å². The van der Waals surface area contributed by atoms with Gasteiger partial charge in [0, 0.05) is 12.3 Å². The van der Waals surface area contributed by atoms with Crippen molar-refractivity contribution in [3.05, 3.63) is 53.9 Å². The second-order valence-electron chi connectivity index (χ2n) is 7.18. The van der Waals surface area contributed by atoms with Gasteiger partial charge in [-0.1, -0.05) is 0 Å². The lowest BCUT2D eigenvalue weighted by Crippen LogP contribution is -2.24. The first-order valence-corrected chi connectivity index (χ1v) is 9.11. The van der Waals surface area contributed by atoms with Crippen LogP contribution in [0.1, 0.15) is 43.7 Å². The van der Waals surface area contributed by atoms with Crippen LogP contribution in [0.4, 0.5) is 0 Å². The van der Waals surface area contributed by atoms with Crippen molar-refractivity contribution in [3.8, 4) is 29.2 Å². The Labute approximate surface area is 168 Å². The molecule has 0 radical (unpaired) electrons. The summed E-state index contributed by atoms with van der Waals surface area (Å²) in [6.07, 6.45) is 1.57. The molecule has 0 aliphatic carbocycles. The van der Waals surface area contributed by atoms with E-state index in [0.717, 1.165) is 0 Å². The normalized spacial score (nSPS) is 11.0. The molecule has 0 aliphatic heterocycles. The van der Waals surface area contributed by atoms with Crippen LogP contribution in [0.15, 0.2) is 42.6 Å². The lowest BCUT2D eigenvalue weighted by molar-refractivity contribution is 0.0517. The van der Waals surface area contributed by atoms with Gasteiger partial charge in [0.25, 0.3) is 0 Å². The van der Waals surface area contributed by atoms with E-state index in [1.165, 1.54) is 0 Å². The summed E-state index contributed by atoms with van der Waals surface area (Å²) >= 11 is 0. The molecule has 0 saturated carbocycles. The predicted octanol–water partition coefficient (Wildman–Crippen LogP) is 3.94. The van der Waals surface area contributed by atoms with Crippen molar-refractivity contribution in [2.24, 2.45) is 0 Å². The SMILES string of the molecule is CCOC(=O)c1cc(-c2ccnc(Oc3ccc(C#N)cc3)n2)n(C(C)(C)C)n1. The molecule has 0 unspecified atom stereocenters. The number of carbonyl (C=O) groups is 1. The topological polar surface area (TPSA) is 103 Å². The summed E-state index contributed by atoms with van der Waals surface area (Å²) < 4.78 is 12.5. The fourth-order valence-electron chi connectivity index (χ4n) is 2.62. The van der Waals surface area contributed by atoms with E-state index in [1.807, 2.05) is 20.8 Å². The molecule has 8 heteroatoms. The fourth-order valence-corrected chi connectivity index (χ4v) is 2.62. The molecular weight excluding hydrogens is 370 g/mol. The third-order valence-electron chi connectivity index (χ3n) is 3.92. The fraction of sp³-hybridized carbons (Fsp3) is 0.286. The Bertz CT molecular complexity index is 1060. The van der Waals surface area contributed by atoms with Gasteiger partial charge in [0.15, 0.2) is 5.69 Å². The lowest BCUT2D eigenvalue weighted by atomic mass is 10.1. The summed E-state index contributed by atoms with van der Waals surface area (Å²) in [5, 5.41) is 13.3. The first-order valence-electron chi connectivity index (χ1n) is 9.11. The Kier molecular flexibility index (Phi) is 5.59. The summed E-state index contributed by atoms with van der Waals surface area (Å²) in [5.74, 6) is 0.0255. The average Bonchev–Trinajstić information content (AvgIpc) is 3.15. The Balaban J connectivity index is 1.96. The van der Waals surface area contributed by atoms with Crippen LogP contribution in [-0.2, 0) is 10.3 Å². The van der Waals surface area contributed by atoms with Gasteiger partial charge >= 0.3 is 12.0 Å². The van der Waals surface area contributed by atoms with E-state index < -0.39 is 5.97 Å². The molecule has 0 N–H and O–H groups in total. The number of hydrogen-bond donors (Lipinski definition) is 0. The first-order chi connectivity index (χ1) is 13.8. The third kappa shape index (κ3) is 4.58. The number of nitrogens with zero attached hydrogens (tertiary/aromatic N) is 5. The maximum atomic E-state index is 12.2. The molecule has 3 aromatic rings. The smallest absolute Gasteiger partial charge is 0.358 e. The first kappa shape index (κ1) is 20.0. The maximum absolute atomic E-state index is 12.2. The molecule has 8 nitrogen and oxygen atoms in total. The standard InChI is InChI=1S/C21H21N5O3/c1-5-28-19(27)17-12-18(26(25-17)21(2,3)4)16-10-11-23-20(24-16)29-15-8-6-14(13-22)7-9-15/h6-12H,5H2,1-4H3. The van der Waals surface area contributed by atoms with Crippen molar-refractivity contribution in [1.82, 2.24) is 19.7 Å². The molecule has 0 spiro atoms. The molecule has 0 bridgehead atoms. The average molecular weight is 391 g/mol. The summed E-state index contributed by atoms with van der Waals surface area (Å²) in [7, 11) is 0. The monoisotopic (exact) mass is 391 g/mol. The quantitative estimate of drug-likeness (QED) is 0.607. The Morgan fingerprint density at radius 3 is 2.55 bits per heavy atom. The number of carbonyl (C=O) groups excluding carboxylic acids is 1. The molecule has 0 saturated heterocycles. The highest BCUT2D eigenvalue weighted by atomic mass is 16.5. The number of ether oxygens (including phenoxy) is 2. The van der Waals surface area contributed by atoms with Gasteiger partial charge < -0.3 is 9.47 Å². The van der Waals surface area contributed by atoms with E-state index in [-0.39, 0.29) is 23.9 Å². The predicted molar refractivity (Wildman–Crippen MR) is 105 cm³/mol. The Hall–Kier alpha value is -3.73. The maximum Gasteiger partial charge on any atom is 0.358 e. The van der Waals surface area contributed by atoms with Crippen LogP contribution in [0.25, 0.3) is 11.4 Å². The number of nitriles is 1. The lowest BCUT2D eigenvalue weighted by Gasteiger charge is -2.22. The van der Waals surface area contributed by atoms with Crippen molar-refractivity contribution in [3.63, 3.8) is 0 Å². The van der Waals surface area contributed by atoms with E-state index in [4.69, 9.17) is 14.7 Å². The molecule has 148 valence electrons. The zero-order chi connectivity index (χ0) is 21.0. The van der Waals surface area contributed by atoms with E-state index in [0.29, 0.717) is 22.7 Å². The van der Waals surface area contributed by atoms with Crippen LogP contribution in [-0.4, -0.2) is 32.3 Å². The van der Waals surface area contributed by atoms with E-state index in [2.05, 4.69) is 21.1 Å². The minimum absolute atomic E-state index is 0.145. The molecule has 3 rings (SSSR count). The van der Waals surface area contributed by atoms with Crippen LogP contribution in [0.5, 0.6) is 11.8 Å². The molecule has 0 atom stereocenters. The molecule has 1 aromatic carbocycles. The van der Waals surface area contributed by atoms with Crippen LogP contribution >= 0.6 is 0 Å². The van der Waals surface area contributed by atoms with Gasteiger partial charge in [0.05, 0.1) is 35.2 Å². The summed E-state index contributed by atoms with van der Waals surface area (Å²) in [4.78, 5) is 20.8. The number of benzene rings is 1. The Morgan fingerprint density at radius 1 is 1.21 bits per heavy atom. The highest BCUT2D eigenvalue weighted by Gasteiger charge is 2.24. The third-order valence-corrected chi connectivity index (χ3v) is 3.92. The van der Waals surface area contributed by atoms with Crippen molar-refractivity contribution >= 4 is 5.97 Å². The molecule has 29 heavy (non-hydrogen) atoms. The van der Waals surface area contributed by atoms with Gasteiger partial charge in [-0.3, -0.25) is 4.68 Å². The van der Waals surface area contributed by atoms with Crippen molar-refractivity contribution in [2.45, 2.75) is 33.2 Å². The highest BCUT2D eigenvalue weighted by Crippen LogP contribution is 2.27. The molecular formula is C21H21N5O3. The molecule has 2 heterocycles. The zero-order valence-electron chi connectivity index (χ0n) is 16.7. The van der Waals surface area contributed by atoms with Gasteiger partial charge in [-0.15, -0.1) is 0 Å². The van der Waals surface area contributed by atoms with Crippen molar-refractivity contribution < 1.29 is 14.3 Å². The summed E-state index contributed by atoms with van der Waals surface area (Å²) in [6, 6.07) is 12.2. The second-order valence-corrected chi connectivity index (χ2v) is 7.18. The molecule has 0 aliphatic rings. The largest absolute Gasteiger partial charge is 0.461 e.